The Bertz CT molecular complexity index is 836. The second kappa shape index (κ2) is 7.81. The van der Waals surface area contributed by atoms with Crippen LogP contribution < -0.4 is 4.74 Å². The predicted octanol–water partition coefficient (Wildman–Crippen LogP) is 3.87. The lowest BCUT2D eigenvalue weighted by Gasteiger charge is -2.21. The van der Waals surface area contributed by atoms with E-state index in [1.54, 1.807) is 28.6 Å². The summed E-state index contributed by atoms with van der Waals surface area (Å²) in [5.41, 5.74) is 2.57. The minimum absolute atomic E-state index is 0.247. The van der Waals surface area contributed by atoms with E-state index in [1.165, 1.54) is 18.2 Å². The average molecular weight is 378 g/mol. The van der Waals surface area contributed by atoms with Gasteiger partial charge in [-0.1, -0.05) is 36.4 Å². The molecule has 0 saturated carbocycles. The molecule has 0 unspecified atom stereocenters. The number of sulfonamides is 1. The Balaban J connectivity index is 1.82. The monoisotopic (exact) mass is 377 g/mol. The summed E-state index contributed by atoms with van der Waals surface area (Å²) in [6.07, 6.45) is 0.809. The molecule has 0 spiro atoms. The Labute approximate surface area is 154 Å². The first-order valence-electron chi connectivity index (χ1n) is 8.34. The van der Waals surface area contributed by atoms with Crippen LogP contribution in [0.3, 0.4) is 0 Å². The number of methoxy groups -OCH3 is 1. The number of aryl methyl sites for hydroxylation is 1. The highest BCUT2D eigenvalue weighted by atomic mass is 32.2. The molecule has 6 heteroatoms. The van der Waals surface area contributed by atoms with Crippen LogP contribution in [0, 0.1) is 6.92 Å². The van der Waals surface area contributed by atoms with Gasteiger partial charge in [0, 0.05) is 24.1 Å². The van der Waals surface area contributed by atoms with Crippen LogP contribution in [-0.4, -0.2) is 38.7 Å². The third kappa shape index (κ3) is 3.86. The van der Waals surface area contributed by atoms with Gasteiger partial charge in [-0.05, 0) is 36.6 Å². The highest BCUT2D eigenvalue weighted by Gasteiger charge is 2.30. The first-order valence-corrected chi connectivity index (χ1v) is 10.8. The molecule has 25 heavy (non-hydrogen) atoms. The van der Waals surface area contributed by atoms with E-state index in [4.69, 9.17) is 4.74 Å². The molecule has 1 atom stereocenters. The van der Waals surface area contributed by atoms with E-state index in [9.17, 15) is 8.42 Å². The molecule has 0 N–H and O–H groups in total. The summed E-state index contributed by atoms with van der Waals surface area (Å²) >= 11 is 1.84. The van der Waals surface area contributed by atoms with Crippen molar-refractivity contribution in [1.29, 1.82) is 0 Å². The van der Waals surface area contributed by atoms with E-state index in [1.807, 2.05) is 17.8 Å². The topological polar surface area (TPSA) is 46.6 Å². The van der Waals surface area contributed by atoms with Crippen molar-refractivity contribution in [3.8, 4) is 5.75 Å². The molecular formula is C19H23NO3S2. The number of thioether (sulfide) groups is 1. The van der Waals surface area contributed by atoms with Crippen LogP contribution >= 0.6 is 11.8 Å². The summed E-state index contributed by atoms with van der Waals surface area (Å²) in [5.74, 6) is 1.18. The molecule has 1 fully saturated rings. The van der Waals surface area contributed by atoms with Crippen molar-refractivity contribution in [3.63, 3.8) is 0 Å². The second-order valence-corrected chi connectivity index (χ2v) is 9.28. The van der Waals surface area contributed by atoms with Crippen molar-refractivity contribution >= 4 is 21.8 Å². The van der Waals surface area contributed by atoms with Crippen LogP contribution in [-0.2, 0) is 10.0 Å². The zero-order chi connectivity index (χ0) is 17.9. The number of benzene rings is 2. The van der Waals surface area contributed by atoms with Crippen LogP contribution in [0.2, 0.25) is 0 Å². The fourth-order valence-electron chi connectivity index (χ4n) is 3.16. The van der Waals surface area contributed by atoms with Crippen LogP contribution in [0.1, 0.15) is 22.8 Å². The van der Waals surface area contributed by atoms with Gasteiger partial charge in [-0.15, -0.1) is 0 Å². The molecule has 0 aliphatic carbocycles. The summed E-state index contributed by atoms with van der Waals surface area (Å²) in [6.45, 7) is 3.16. The van der Waals surface area contributed by atoms with E-state index in [2.05, 4.69) is 25.1 Å². The normalized spacial score (nSPS) is 19.4. The van der Waals surface area contributed by atoms with Gasteiger partial charge in [0.05, 0.1) is 7.11 Å². The number of para-hydroxylation sites is 1. The molecule has 4 nitrogen and oxygen atoms in total. The van der Waals surface area contributed by atoms with Gasteiger partial charge in [-0.25, -0.2) is 8.42 Å². The molecule has 1 heterocycles. The first kappa shape index (κ1) is 18.3. The molecule has 2 aromatic rings. The predicted molar refractivity (Wildman–Crippen MR) is 103 cm³/mol. The lowest BCUT2D eigenvalue weighted by molar-refractivity contribution is 0.393. The van der Waals surface area contributed by atoms with Crippen molar-refractivity contribution in [3.05, 3.63) is 59.7 Å². The summed E-state index contributed by atoms with van der Waals surface area (Å²) in [4.78, 5) is 0.247. The van der Waals surface area contributed by atoms with Crippen molar-refractivity contribution in [2.24, 2.45) is 0 Å². The van der Waals surface area contributed by atoms with E-state index in [0.717, 1.165) is 12.2 Å². The van der Waals surface area contributed by atoms with Gasteiger partial charge >= 0.3 is 0 Å². The molecule has 0 aromatic heterocycles. The zero-order valence-corrected chi connectivity index (χ0v) is 16.1. The van der Waals surface area contributed by atoms with Crippen molar-refractivity contribution in [2.75, 3.05) is 26.0 Å². The third-order valence-electron chi connectivity index (χ3n) is 4.52. The lowest BCUT2D eigenvalue weighted by Crippen LogP contribution is -2.33. The molecule has 0 bridgehead atoms. The molecule has 1 aliphatic heterocycles. The Morgan fingerprint density at radius 3 is 2.56 bits per heavy atom. The number of hydrogen-bond donors (Lipinski definition) is 0. The summed E-state index contributed by atoms with van der Waals surface area (Å²) in [5, 5.41) is 0.332. The maximum Gasteiger partial charge on any atom is 0.246 e. The maximum atomic E-state index is 13.1. The Morgan fingerprint density at radius 2 is 1.80 bits per heavy atom. The van der Waals surface area contributed by atoms with Gasteiger partial charge in [0.15, 0.2) is 0 Å². The highest BCUT2D eigenvalue weighted by Crippen LogP contribution is 2.37. The SMILES string of the molecule is COc1ccccc1S(=O)(=O)N1CCS[C@@H](c2ccccc2C)CC1. The third-order valence-corrected chi connectivity index (χ3v) is 7.77. The largest absolute Gasteiger partial charge is 0.495 e. The molecule has 0 radical (unpaired) electrons. The number of hydrogen-bond acceptors (Lipinski definition) is 4. The molecule has 134 valence electrons. The summed E-state index contributed by atoms with van der Waals surface area (Å²) < 4.78 is 33.0. The first-order chi connectivity index (χ1) is 12.0. The summed E-state index contributed by atoms with van der Waals surface area (Å²) in [7, 11) is -2.05. The Morgan fingerprint density at radius 1 is 1.08 bits per heavy atom. The highest BCUT2D eigenvalue weighted by molar-refractivity contribution is 7.99. The van der Waals surface area contributed by atoms with Gasteiger partial charge in [-0.3, -0.25) is 0 Å². The van der Waals surface area contributed by atoms with Crippen LogP contribution in [0.25, 0.3) is 0 Å². The smallest absolute Gasteiger partial charge is 0.246 e. The van der Waals surface area contributed by atoms with E-state index in [-0.39, 0.29) is 4.90 Å². The van der Waals surface area contributed by atoms with Crippen LogP contribution in [0.15, 0.2) is 53.4 Å². The molecule has 3 rings (SSSR count). The standard InChI is InChI=1S/C19H23NO3S2/c1-15-7-3-4-8-16(15)18-11-12-20(13-14-24-18)25(21,22)19-10-6-5-9-17(19)23-2/h3-10,18H,11-14H2,1-2H3/t18-/m1/s1. The molecule has 1 saturated heterocycles. The van der Waals surface area contributed by atoms with E-state index in [0.29, 0.717) is 24.1 Å². The van der Waals surface area contributed by atoms with Gasteiger partial charge < -0.3 is 4.74 Å². The molecule has 0 amide bonds. The van der Waals surface area contributed by atoms with Crippen LogP contribution in [0.4, 0.5) is 0 Å². The van der Waals surface area contributed by atoms with E-state index >= 15 is 0 Å². The van der Waals surface area contributed by atoms with Crippen molar-refractivity contribution in [2.45, 2.75) is 23.5 Å². The van der Waals surface area contributed by atoms with Gasteiger partial charge in [0.25, 0.3) is 0 Å². The van der Waals surface area contributed by atoms with Gasteiger partial charge in [-0.2, -0.15) is 16.1 Å². The quantitative estimate of drug-likeness (QED) is 0.811. The zero-order valence-electron chi connectivity index (χ0n) is 14.5. The number of nitrogens with zero attached hydrogens (tertiary/aromatic N) is 1. The second-order valence-electron chi connectivity index (χ2n) is 6.06. The fourth-order valence-corrected chi connectivity index (χ4v) is 6.21. The maximum absolute atomic E-state index is 13.1. The lowest BCUT2D eigenvalue weighted by atomic mass is 10.0. The molecule has 2 aromatic carbocycles. The van der Waals surface area contributed by atoms with Crippen LogP contribution in [0.5, 0.6) is 5.75 Å². The van der Waals surface area contributed by atoms with Crippen molar-refractivity contribution < 1.29 is 13.2 Å². The van der Waals surface area contributed by atoms with Gasteiger partial charge in [0.1, 0.15) is 10.6 Å². The Kier molecular flexibility index (Phi) is 5.71. The van der Waals surface area contributed by atoms with Crippen molar-refractivity contribution in [1.82, 2.24) is 4.31 Å². The van der Waals surface area contributed by atoms with Gasteiger partial charge in [0.2, 0.25) is 10.0 Å². The minimum Gasteiger partial charge on any atom is -0.495 e. The number of ether oxygens (including phenoxy) is 1. The number of rotatable bonds is 4. The Hall–Kier alpha value is -1.50. The average Bonchev–Trinajstić information content (AvgIpc) is 2.88. The fraction of sp³-hybridized carbons (Fsp3) is 0.368. The summed E-state index contributed by atoms with van der Waals surface area (Å²) in [6, 6.07) is 15.2. The molecular weight excluding hydrogens is 354 g/mol. The molecule has 1 aliphatic rings. The minimum atomic E-state index is -3.55. The van der Waals surface area contributed by atoms with E-state index < -0.39 is 10.0 Å².